The fraction of sp³-hybridized carbons (Fsp3) is 0.310. The minimum atomic E-state index is -0.730. The first kappa shape index (κ1) is 26.3. The highest BCUT2D eigenvalue weighted by atomic mass is 35.5. The van der Waals surface area contributed by atoms with Crippen molar-refractivity contribution in [2.24, 2.45) is 0 Å². The Labute approximate surface area is 213 Å². The van der Waals surface area contributed by atoms with Gasteiger partial charge in [0.1, 0.15) is 11.8 Å². The molecule has 0 aliphatic carbocycles. The van der Waals surface area contributed by atoms with Gasteiger partial charge < -0.3 is 15.0 Å². The zero-order valence-electron chi connectivity index (χ0n) is 20.8. The summed E-state index contributed by atoms with van der Waals surface area (Å²) in [5.41, 5.74) is 3.84. The summed E-state index contributed by atoms with van der Waals surface area (Å²) in [7, 11) is 0. The minimum absolute atomic E-state index is 0.0652. The molecule has 35 heavy (non-hydrogen) atoms. The zero-order valence-corrected chi connectivity index (χ0v) is 21.5. The Morgan fingerprint density at radius 3 is 2.20 bits per heavy atom. The predicted octanol–water partition coefficient (Wildman–Crippen LogP) is 5.50. The maximum absolute atomic E-state index is 13.6. The highest BCUT2D eigenvalue weighted by Gasteiger charge is 2.31. The third-order valence-corrected chi connectivity index (χ3v) is 5.93. The van der Waals surface area contributed by atoms with Crippen LogP contribution in [0.2, 0.25) is 5.02 Å². The Morgan fingerprint density at radius 2 is 1.57 bits per heavy atom. The van der Waals surface area contributed by atoms with Crippen molar-refractivity contribution in [3.63, 3.8) is 0 Å². The van der Waals surface area contributed by atoms with Crippen LogP contribution in [0.15, 0.2) is 72.8 Å². The topological polar surface area (TPSA) is 58.6 Å². The fourth-order valence-corrected chi connectivity index (χ4v) is 4.18. The summed E-state index contributed by atoms with van der Waals surface area (Å²) in [5, 5.41) is 3.53. The number of halogens is 1. The van der Waals surface area contributed by atoms with Crippen LogP contribution in [0.25, 0.3) is 0 Å². The van der Waals surface area contributed by atoms with Crippen molar-refractivity contribution in [3.05, 3.63) is 100 Å². The van der Waals surface area contributed by atoms with Crippen LogP contribution in [-0.4, -0.2) is 35.4 Å². The van der Waals surface area contributed by atoms with Gasteiger partial charge in [-0.3, -0.25) is 9.59 Å². The Hall–Kier alpha value is -3.31. The molecule has 184 valence electrons. The van der Waals surface area contributed by atoms with Crippen molar-refractivity contribution in [1.29, 1.82) is 0 Å². The highest BCUT2D eigenvalue weighted by Crippen LogP contribution is 2.21. The molecule has 0 bridgehead atoms. The maximum atomic E-state index is 13.6. The molecule has 1 atom stereocenters. The van der Waals surface area contributed by atoms with E-state index in [2.05, 4.69) is 5.32 Å². The molecular weight excluding hydrogens is 460 g/mol. The smallest absolute Gasteiger partial charge is 0.261 e. The molecule has 3 aromatic carbocycles. The zero-order chi connectivity index (χ0) is 25.4. The number of amides is 2. The summed E-state index contributed by atoms with van der Waals surface area (Å²) in [6, 6.07) is 22.1. The lowest BCUT2D eigenvalue weighted by molar-refractivity contribution is -0.143. The van der Waals surface area contributed by atoms with Crippen LogP contribution < -0.4 is 10.1 Å². The van der Waals surface area contributed by atoms with E-state index >= 15 is 0 Å². The van der Waals surface area contributed by atoms with Crippen LogP contribution in [0.4, 0.5) is 0 Å². The van der Waals surface area contributed by atoms with Gasteiger partial charge in [-0.1, -0.05) is 66.2 Å². The minimum Gasteiger partial charge on any atom is -0.484 e. The van der Waals surface area contributed by atoms with Gasteiger partial charge in [0.05, 0.1) is 0 Å². The molecule has 0 saturated carbocycles. The van der Waals surface area contributed by atoms with Gasteiger partial charge in [-0.2, -0.15) is 0 Å². The van der Waals surface area contributed by atoms with Crippen LogP contribution >= 0.6 is 11.6 Å². The number of aryl methyl sites for hydroxylation is 2. The van der Waals surface area contributed by atoms with E-state index in [-0.39, 0.29) is 31.0 Å². The molecule has 5 nitrogen and oxygen atoms in total. The van der Waals surface area contributed by atoms with E-state index in [0.29, 0.717) is 17.2 Å². The summed E-state index contributed by atoms with van der Waals surface area (Å²) in [5.74, 6) is 0.124. The molecule has 0 aromatic heterocycles. The largest absolute Gasteiger partial charge is 0.484 e. The number of nitrogens with one attached hydrogen (secondary N) is 1. The average Bonchev–Trinajstić information content (AvgIpc) is 2.80. The Morgan fingerprint density at radius 1 is 0.943 bits per heavy atom. The summed E-state index contributed by atoms with van der Waals surface area (Å²) in [4.78, 5) is 28.5. The van der Waals surface area contributed by atoms with Crippen molar-refractivity contribution in [2.75, 3.05) is 6.61 Å². The monoisotopic (exact) mass is 492 g/mol. The number of carbonyl (C=O) groups excluding carboxylic acids is 2. The van der Waals surface area contributed by atoms with E-state index in [1.807, 2.05) is 94.4 Å². The summed E-state index contributed by atoms with van der Waals surface area (Å²) in [6.45, 7) is 7.78. The van der Waals surface area contributed by atoms with Gasteiger partial charge in [0.2, 0.25) is 5.91 Å². The Bertz CT molecular complexity index is 1130. The standard InChI is InChI=1S/C29H33ClN2O3/c1-20(2)31-29(34)27(17-23-10-6-5-7-11-23)32(18-24-12-8-9-13-26(24)30)28(33)19-35-25-15-21(3)14-22(4)16-25/h5-16,20,27H,17-19H2,1-4H3,(H,31,34). The summed E-state index contributed by atoms with van der Waals surface area (Å²) in [6.07, 6.45) is 0.374. The molecule has 0 spiro atoms. The lowest BCUT2D eigenvalue weighted by Crippen LogP contribution is -2.52. The van der Waals surface area contributed by atoms with Gasteiger partial charge in [0.15, 0.2) is 6.61 Å². The van der Waals surface area contributed by atoms with Crippen LogP contribution in [0.5, 0.6) is 5.75 Å². The molecule has 0 aliphatic rings. The van der Waals surface area contributed by atoms with Crippen molar-refractivity contribution < 1.29 is 14.3 Å². The quantitative estimate of drug-likeness (QED) is 0.406. The third-order valence-electron chi connectivity index (χ3n) is 5.56. The second-order valence-electron chi connectivity index (χ2n) is 9.09. The third kappa shape index (κ3) is 7.86. The average molecular weight is 493 g/mol. The molecule has 0 aliphatic heterocycles. The molecular formula is C29H33ClN2O3. The first-order chi connectivity index (χ1) is 16.7. The molecule has 0 radical (unpaired) electrons. The summed E-state index contributed by atoms with van der Waals surface area (Å²) < 4.78 is 5.88. The van der Waals surface area contributed by atoms with Crippen molar-refractivity contribution in [3.8, 4) is 5.75 Å². The molecule has 3 aromatic rings. The van der Waals surface area contributed by atoms with E-state index in [1.54, 1.807) is 11.0 Å². The van der Waals surface area contributed by atoms with Crippen molar-refractivity contribution >= 4 is 23.4 Å². The second-order valence-corrected chi connectivity index (χ2v) is 9.50. The van der Waals surface area contributed by atoms with Crippen LogP contribution in [0.1, 0.15) is 36.1 Å². The number of ether oxygens (including phenoxy) is 1. The highest BCUT2D eigenvalue weighted by molar-refractivity contribution is 6.31. The predicted molar refractivity (Wildman–Crippen MR) is 141 cm³/mol. The van der Waals surface area contributed by atoms with Crippen molar-refractivity contribution in [2.45, 2.75) is 52.7 Å². The van der Waals surface area contributed by atoms with Crippen LogP contribution in [0.3, 0.4) is 0 Å². The molecule has 0 fully saturated rings. The van der Waals surface area contributed by atoms with Gasteiger partial charge in [-0.25, -0.2) is 0 Å². The number of hydrogen-bond donors (Lipinski definition) is 1. The lowest BCUT2D eigenvalue weighted by atomic mass is 10.0. The molecule has 3 rings (SSSR count). The van der Waals surface area contributed by atoms with Gasteiger partial charge >= 0.3 is 0 Å². The van der Waals surface area contributed by atoms with E-state index in [0.717, 1.165) is 22.3 Å². The SMILES string of the molecule is Cc1cc(C)cc(OCC(=O)N(Cc2ccccc2Cl)C(Cc2ccccc2)C(=O)NC(C)C)c1. The fourth-order valence-electron chi connectivity index (χ4n) is 3.99. The van der Waals surface area contributed by atoms with Crippen molar-refractivity contribution in [1.82, 2.24) is 10.2 Å². The van der Waals surface area contributed by atoms with E-state index in [1.165, 1.54) is 0 Å². The second kappa shape index (κ2) is 12.4. The Kier molecular flexibility index (Phi) is 9.32. The summed E-state index contributed by atoms with van der Waals surface area (Å²) >= 11 is 6.44. The maximum Gasteiger partial charge on any atom is 0.261 e. The van der Waals surface area contributed by atoms with Crippen LogP contribution in [-0.2, 0) is 22.6 Å². The van der Waals surface area contributed by atoms with E-state index in [4.69, 9.17) is 16.3 Å². The van der Waals surface area contributed by atoms with Crippen LogP contribution in [0, 0.1) is 13.8 Å². The molecule has 0 saturated heterocycles. The Balaban J connectivity index is 1.93. The number of benzene rings is 3. The van der Waals surface area contributed by atoms with Gasteiger partial charge in [0, 0.05) is 24.0 Å². The first-order valence-electron chi connectivity index (χ1n) is 11.8. The molecule has 0 heterocycles. The number of carbonyl (C=O) groups is 2. The molecule has 1 N–H and O–H groups in total. The molecule has 2 amide bonds. The van der Waals surface area contributed by atoms with E-state index < -0.39 is 6.04 Å². The lowest BCUT2D eigenvalue weighted by Gasteiger charge is -2.32. The number of hydrogen-bond acceptors (Lipinski definition) is 3. The normalized spacial score (nSPS) is 11.7. The van der Waals surface area contributed by atoms with Gasteiger partial charge in [0.25, 0.3) is 5.91 Å². The number of rotatable bonds is 10. The van der Waals surface area contributed by atoms with Gasteiger partial charge in [-0.05, 0) is 68.1 Å². The number of nitrogens with zero attached hydrogens (tertiary/aromatic N) is 1. The molecule has 6 heteroatoms. The first-order valence-corrected chi connectivity index (χ1v) is 12.2. The molecule has 1 unspecified atom stereocenters. The van der Waals surface area contributed by atoms with Gasteiger partial charge in [-0.15, -0.1) is 0 Å². The van der Waals surface area contributed by atoms with E-state index in [9.17, 15) is 9.59 Å².